The van der Waals surface area contributed by atoms with Gasteiger partial charge in [-0.25, -0.2) is 0 Å². The van der Waals surface area contributed by atoms with Gasteiger partial charge in [-0.15, -0.1) is 0 Å². The van der Waals surface area contributed by atoms with Crippen LogP contribution in [0.15, 0.2) is 23.2 Å². The molecule has 1 aromatic carbocycles. The molecule has 0 aliphatic carbocycles. The number of halogens is 3. The standard InChI is InChI=1S/C13H18ClF2N3O/c1-8(2)19-13(17-3)18-7-9-6-10(14)4-5-11(9)20-12(15)16/h4-6,8,12H,7H2,1-3H3,(H2,17,18,19). The van der Waals surface area contributed by atoms with Crippen molar-refractivity contribution in [1.82, 2.24) is 10.6 Å². The molecule has 0 bridgehead atoms. The molecule has 0 saturated carbocycles. The summed E-state index contributed by atoms with van der Waals surface area (Å²) < 4.78 is 29.1. The normalized spacial score (nSPS) is 11.9. The fourth-order valence-corrected chi connectivity index (χ4v) is 1.74. The summed E-state index contributed by atoms with van der Waals surface area (Å²) in [6, 6.07) is 4.71. The Morgan fingerprint density at radius 1 is 1.40 bits per heavy atom. The van der Waals surface area contributed by atoms with Gasteiger partial charge < -0.3 is 15.4 Å². The number of alkyl halides is 2. The Bertz CT molecular complexity index is 467. The Labute approximate surface area is 122 Å². The van der Waals surface area contributed by atoms with Crippen molar-refractivity contribution in [1.29, 1.82) is 0 Å². The molecule has 7 heteroatoms. The summed E-state index contributed by atoms with van der Waals surface area (Å²) in [6.45, 7) is 1.34. The van der Waals surface area contributed by atoms with E-state index in [-0.39, 0.29) is 18.3 Å². The van der Waals surface area contributed by atoms with E-state index in [1.807, 2.05) is 13.8 Å². The second kappa shape index (κ2) is 7.89. The van der Waals surface area contributed by atoms with E-state index in [0.717, 1.165) is 0 Å². The van der Waals surface area contributed by atoms with Gasteiger partial charge in [0.1, 0.15) is 5.75 Å². The van der Waals surface area contributed by atoms with Gasteiger partial charge in [0, 0.05) is 30.2 Å². The third kappa shape index (κ3) is 5.61. The number of nitrogens with one attached hydrogen (secondary N) is 2. The molecule has 112 valence electrons. The van der Waals surface area contributed by atoms with Crippen LogP contribution in [-0.4, -0.2) is 25.7 Å². The van der Waals surface area contributed by atoms with Crippen molar-refractivity contribution in [2.45, 2.75) is 33.0 Å². The maximum atomic E-state index is 12.3. The van der Waals surface area contributed by atoms with Gasteiger partial charge in [-0.1, -0.05) is 11.6 Å². The van der Waals surface area contributed by atoms with E-state index >= 15 is 0 Å². The highest BCUT2D eigenvalue weighted by Crippen LogP contribution is 2.24. The Kier molecular flexibility index (Phi) is 6.51. The van der Waals surface area contributed by atoms with Crippen molar-refractivity contribution >= 4 is 17.6 Å². The highest BCUT2D eigenvalue weighted by atomic mass is 35.5. The fraction of sp³-hybridized carbons (Fsp3) is 0.462. The van der Waals surface area contributed by atoms with Gasteiger partial charge in [-0.05, 0) is 32.0 Å². The molecular formula is C13H18ClF2N3O. The molecule has 0 radical (unpaired) electrons. The van der Waals surface area contributed by atoms with Crippen LogP contribution in [0.4, 0.5) is 8.78 Å². The predicted octanol–water partition coefficient (Wildman–Crippen LogP) is 3.01. The zero-order chi connectivity index (χ0) is 15.1. The molecule has 0 heterocycles. The fourth-order valence-electron chi connectivity index (χ4n) is 1.54. The largest absolute Gasteiger partial charge is 0.434 e. The number of ether oxygens (including phenoxy) is 1. The van der Waals surface area contributed by atoms with E-state index in [9.17, 15) is 8.78 Å². The first kappa shape index (κ1) is 16.5. The molecule has 0 aliphatic rings. The summed E-state index contributed by atoms with van der Waals surface area (Å²) in [7, 11) is 1.63. The van der Waals surface area contributed by atoms with Crippen LogP contribution in [0.25, 0.3) is 0 Å². The van der Waals surface area contributed by atoms with Crippen molar-refractivity contribution in [3.05, 3.63) is 28.8 Å². The molecule has 0 saturated heterocycles. The quantitative estimate of drug-likeness (QED) is 0.649. The number of guanidine groups is 1. The van der Waals surface area contributed by atoms with Gasteiger partial charge >= 0.3 is 6.61 Å². The second-order valence-electron chi connectivity index (χ2n) is 4.36. The van der Waals surface area contributed by atoms with E-state index in [1.54, 1.807) is 13.1 Å². The number of hydrogen-bond acceptors (Lipinski definition) is 2. The molecule has 1 rings (SSSR count). The Morgan fingerprint density at radius 3 is 2.65 bits per heavy atom. The summed E-state index contributed by atoms with van der Waals surface area (Å²) in [5.74, 6) is 0.667. The number of rotatable bonds is 5. The van der Waals surface area contributed by atoms with Gasteiger partial charge in [0.2, 0.25) is 0 Å². The van der Waals surface area contributed by atoms with Crippen molar-refractivity contribution < 1.29 is 13.5 Å². The van der Waals surface area contributed by atoms with Gasteiger partial charge in [-0.2, -0.15) is 8.78 Å². The molecule has 20 heavy (non-hydrogen) atoms. The summed E-state index contributed by atoms with van der Waals surface area (Å²) in [5, 5.41) is 6.56. The predicted molar refractivity (Wildman–Crippen MR) is 76.6 cm³/mol. The van der Waals surface area contributed by atoms with Crippen LogP contribution in [0.5, 0.6) is 5.75 Å². The molecule has 0 amide bonds. The first-order valence-electron chi connectivity index (χ1n) is 6.12. The number of aliphatic imine (C=N–C) groups is 1. The van der Waals surface area contributed by atoms with Crippen LogP contribution >= 0.6 is 11.6 Å². The molecule has 0 aromatic heterocycles. The Morgan fingerprint density at radius 2 is 2.10 bits per heavy atom. The molecule has 0 fully saturated rings. The molecule has 0 aliphatic heterocycles. The Balaban J connectivity index is 2.77. The van der Waals surface area contributed by atoms with Crippen molar-refractivity contribution in [2.24, 2.45) is 4.99 Å². The SMILES string of the molecule is CN=C(NCc1cc(Cl)ccc1OC(F)F)NC(C)C. The minimum Gasteiger partial charge on any atom is -0.434 e. The van der Waals surface area contributed by atoms with E-state index in [2.05, 4.69) is 20.4 Å². The zero-order valence-electron chi connectivity index (χ0n) is 11.6. The van der Waals surface area contributed by atoms with Gasteiger partial charge in [0.05, 0.1) is 0 Å². The van der Waals surface area contributed by atoms with E-state index in [0.29, 0.717) is 16.5 Å². The first-order valence-corrected chi connectivity index (χ1v) is 6.50. The average molecular weight is 306 g/mol. The Hall–Kier alpha value is -1.56. The van der Waals surface area contributed by atoms with Crippen molar-refractivity contribution in [3.63, 3.8) is 0 Å². The summed E-state index contributed by atoms with van der Waals surface area (Å²) in [5.41, 5.74) is 0.532. The van der Waals surface area contributed by atoms with Crippen LogP contribution in [0.1, 0.15) is 19.4 Å². The molecular weight excluding hydrogens is 288 g/mol. The number of benzene rings is 1. The van der Waals surface area contributed by atoms with E-state index in [1.165, 1.54) is 12.1 Å². The molecule has 2 N–H and O–H groups in total. The lowest BCUT2D eigenvalue weighted by Crippen LogP contribution is -2.40. The van der Waals surface area contributed by atoms with Gasteiger partial charge in [-0.3, -0.25) is 4.99 Å². The van der Waals surface area contributed by atoms with E-state index < -0.39 is 6.61 Å². The lowest BCUT2D eigenvalue weighted by atomic mass is 10.2. The average Bonchev–Trinajstić information content (AvgIpc) is 2.36. The monoisotopic (exact) mass is 305 g/mol. The molecule has 0 unspecified atom stereocenters. The topological polar surface area (TPSA) is 45.7 Å². The molecule has 0 spiro atoms. The van der Waals surface area contributed by atoms with Crippen LogP contribution in [0, 0.1) is 0 Å². The molecule has 0 atom stereocenters. The minimum absolute atomic E-state index is 0.0944. The minimum atomic E-state index is -2.87. The number of nitrogens with zero attached hydrogens (tertiary/aromatic N) is 1. The second-order valence-corrected chi connectivity index (χ2v) is 4.79. The maximum Gasteiger partial charge on any atom is 0.387 e. The van der Waals surface area contributed by atoms with Crippen LogP contribution < -0.4 is 15.4 Å². The van der Waals surface area contributed by atoms with Gasteiger partial charge in [0.15, 0.2) is 5.96 Å². The van der Waals surface area contributed by atoms with Gasteiger partial charge in [0.25, 0.3) is 0 Å². The van der Waals surface area contributed by atoms with Crippen molar-refractivity contribution in [2.75, 3.05) is 7.05 Å². The maximum absolute atomic E-state index is 12.3. The number of hydrogen-bond donors (Lipinski definition) is 2. The summed E-state index contributed by atoms with van der Waals surface area (Å²) >= 11 is 5.87. The van der Waals surface area contributed by atoms with Crippen LogP contribution in [0.3, 0.4) is 0 Å². The van der Waals surface area contributed by atoms with Crippen LogP contribution in [-0.2, 0) is 6.54 Å². The lowest BCUT2D eigenvalue weighted by Gasteiger charge is -2.16. The molecule has 4 nitrogen and oxygen atoms in total. The van der Waals surface area contributed by atoms with E-state index in [4.69, 9.17) is 11.6 Å². The third-order valence-electron chi connectivity index (χ3n) is 2.33. The van der Waals surface area contributed by atoms with Crippen LogP contribution in [0.2, 0.25) is 5.02 Å². The van der Waals surface area contributed by atoms with Crippen molar-refractivity contribution in [3.8, 4) is 5.75 Å². The summed E-state index contributed by atoms with van der Waals surface area (Å²) in [6.07, 6.45) is 0. The smallest absolute Gasteiger partial charge is 0.387 e. The lowest BCUT2D eigenvalue weighted by molar-refractivity contribution is -0.0504. The third-order valence-corrected chi connectivity index (χ3v) is 2.57. The first-order chi connectivity index (χ1) is 9.42. The highest BCUT2D eigenvalue weighted by Gasteiger charge is 2.11. The summed E-state index contributed by atoms with van der Waals surface area (Å²) in [4.78, 5) is 4.03. The highest BCUT2D eigenvalue weighted by molar-refractivity contribution is 6.30. The molecule has 1 aromatic rings. The zero-order valence-corrected chi connectivity index (χ0v) is 12.3.